The summed E-state index contributed by atoms with van der Waals surface area (Å²) in [6, 6.07) is 0.406. The second-order valence-electron chi connectivity index (χ2n) is 6.94. The van der Waals surface area contributed by atoms with Gasteiger partial charge < -0.3 is 5.32 Å². The van der Waals surface area contributed by atoms with Gasteiger partial charge in [-0.05, 0) is 69.2 Å². The van der Waals surface area contributed by atoms with Crippen molar-refractivity contribution >= 4 is 10.0 Å². The summed E-state index contributed by atoms with van der Waals surface area (Å²) in [5.74, 6) is 2.53. The van der Waals surface area contributed by atoms with Gasteiger partial charge in [0.2, 0.25) is 10.0 Å². The molecule has 0 aromatic carbocycles. The third-order valence-electron chi connectivity index (χ3n) is 5.14. The molecule has 5 heteroatoms. The first-order chi connectivity index (χ1) is 9.64. The summed E-state index contributed by atoms with van der Waals surface area (Å²) in [5, 5.41) is 3.42. The summed E-state index contributed by atoms with van der Waals surface area (Å²) in [6.45, 7) is 1.74. The van der Waals surface area contributed by atoms with Crippen molar-refractivity contribution < 1.29 is 8.42 Å². The number of sulfonamides is 1. The smallest absolute Gasteiger partial charge is 0.211 e. The van der Waals surface area contributed by atoms with E-state index in [-0.39, 0.29) is 5.75 Å². The van der Waals surface area contributed by atoms with E-state index in [1.807, 2.05) is 0 Å². The number of nitrogens with one attached hydrogen (secondary N) is 2. The number of hydrogen-bond donors (Lipinski definition) is 2. The van der Waals surface area contributed by atoms with Crippen molar-refractivity contribution in [1.29, 1.82) is 0 Å². The topological polar surface area (TPSA) is 58.2 Å². The first-order valence-corrected chi connectivity index (χ1v) is 10.00. The molecule has 0 aromatic heterocycles. The van der Waals surface area contributed by atoms with Crippen molar-refractivity contribution in [2.24, 2.45) is 17.8 Å². The molecule has 0 spiro atoms. The van der Waals surface area contributed by atoms with Gasteiger partial charge in [0.1, 0.15) is 0 Å². The van der Waals surface area contributed by atoms with E-state index < -0.39 is 10.0 Å². The molecule has 20 heavy (non-hydrogen) atoms. The molecule has 0 aromatic rings. The number of hydrogen-bond acceptors (Lipinski definition) is 3. The van der Waals surface area contributed by atoms with E-state index in [0.29, 0.717) is 18.5 Å². The molecule has 0 bridgehead atoms. The first-order valence-electron chi connectivity index (χ1n) is 8.35. The second kappa shape index (κ2) is 6.32. The maximum absolute atomic E-state index is 12.1. The first kappa shape index (κ1) is 14.8. The number of rotatable bonds is 8. The van der Waals surface area contributed by atoms with E-state index in [1.165, 1.54) is 38.5 Å². The van der Waals surface area contributed by atoms with Crippen LogP contribution in [0.4, 0.5) is 0 Å². The molecule has 3 fully saturated rings. The van der Waals surface area contributed by atoms with Gasteiger partial charge in [-0.15, -0.1) is 0 Å². The quantitative estimate of drug-likeness (QED) is 0.719. The Morgan fingerprint density at radius 1 is 1.05 bits per heavy atom. The molecule has 0 radical (unpaired) electrons. The lowest BCUT2D eigenvalue weighted by atomic mass is 9.99. The summed E-state index contributed by atoms with van der Waals surface area (Å²) < 4.78 is 27.1. The van der Waals surface area contributed by atoms with Crippen LogP contribution in [-0.2, 0) is 10.0 Å². The number of piperidine rings is 1. The fraction of sp³-hybridized carbons (Fsp3) is 1.00. The Bertz CT molecular complexity index is 398. The van der Waals surface area contributed by atoms with Crippen LogP contribution in [0.5, 0.6) is 0 Å². The van der Waals surface area contributed by atoms with Crippen LogP contribution in [0.3, 0.4) is 0 Å². The summed E-state index contributed by atoms with van der Waals surface area (Å²) in [6.07, 6.45) is 9.60. The van der Waals surface area contributed by atoms with Crippen LogP contribution in [0.15, 0.2) is 0 Å². The van der Waals surface area contributed by atoms with Crippen molar-refractivity contribution in [3.05, 3.63) is 0 Å². The lowest BCUT2D eigenvalue weighted by Gasteiger charge is -2.23. The molecule has 2 aliphatic carbocycles. The predicted molar refractivity (Wildman–Crippen MR) is 81.0 cm³/mol. The summed E-state index contributed by atoms with van der Waals surface area (Å²) >= 11 is 0. The van der Waals surface area contributed by atoms with Crippen LogP contribution in [0.1, 0.15) is 51.4 Å². The summed E-state index contributed by atoms with van der Waals surface area (Å²) in [5.41, 5.74) is 0. The Labute approximate surface area is 123 Å². The van der Waals surface area contributed by atoms with Gasteiger partial charge in [0, 0.05) is 12.6 Å². The minimum absolute atomic E-state index is 0.284. The summed E-state index contributed by atoms with van der Waals surface area (Å²) in [7, 11) is -3.08. The zero-order valence-electron chi connectivity index (χ0n) is 12.3. The predicted octanol–water partition coefficient (Wildman–Crippen LogP) is 1.87. The van der Waals surface area contributed by atoms with Crippen LogP contribution in [-0.4, -0.2) is 33.3 Å². The lowest BCUT2D eigenvalue weighted by Crippen LogP contribution is -2.38. The van der Waals surface area contributed by atoms with Gasteiger partial charge in [-0.1, -0.05) is 6.42 Å². The lowest BCUT2D eigenvalue weighted by molar-refractivity contribution is 0.388. The van der Waals surface area contributed by atoms with Crippen LogP contribution in [0.2, 0.25) is 0 Å². The molecule has 2 saturated carbocycles. The van der Waals surface area contributed by atoms with Gasteiger partial charge in [0.05, 0.1) is 5.75 Å². The second-order valence-corrected chi connectivity index (χ2v) is 8.87. The van der Waals surface area contributed by atoms with E-state index in [0.717, 1.165) is 31.2 Å². The maximum Gasteiger partial charge on any atom is 0.211 e. The molecule has 1 unspecified atom stereocenters. The van der Waals surface area contributed by atoms with E-state index >= 15 is 0 Å². The molecule has 1 atom stereocenters. The molecule has 3 aliphatic rings. The van der Waals surface area contributed by atoms with Crippen LogP contribution in [0.25, 0.3) is 0 Å². The zero-order chi connectivity index (χ0) is 14.0. The average Bonchev–Trinajstić information content (AvgIpc) is 3.31. The summed E-state index contributed by atoms with van der Waals surface area (Å²) in [4.78, 5) is 0. The maximum atomic E-state index is 12.1. The fourth-order valence-corrected chi connectivity index (χ4v) is 4.72. The Hall–Kier alpha value is -0.130. The highest BCUT2D eigenvalue weighted by Crippen LogP contribution is 2.48. The van der Waals surface area contributed by atoms with Gasteiger partial charge in [-0.2, -0.15) is 0 Å². The van der Waals surface area contributed by atoms with Crippen molar-refractivity contribution in [3.8, 4) is 0 Å². The van der Waals surface area contributed by atoms with Crippen molar-refractivity contribution in [3.63, 3.8) is 0 Å². The standard InChI is InChI=1S/C15H28N2O2S/c18-20(19,10-8-14-3-1-2-9-16-14)17-11-15(12-4-5-12)13-6-7-13/h12-17H,1-11H2. The molecule has 4 nitrogen and oxygen atoms in total. The van der Waals surface area contributed by atoms with Crippen molar-refractivity contribution in [2.45, 2.75) is 57.4 Å². The molecule has 116 valence electrons. The van der Waals surface area contributed by atoms with Gasteiger partial charge in [-0.25, -0.2) is 13.1 Å². The molecule has 3 rings (SSSR count). The van der Waals surface area contributed by atoms with E-state index in [1.54, 1.807) is 0 Å². The molecular weight excluding hydrogens is 272 g/mol. The molecule has 2 N–H and O–H groups in total. The van der Waals surface area contributed by atoms with Gasteiger partial charge >= 0.3 is 0 Å². The van der Waals surface area contributed by atoms with Crippen LogP contribution in [0, 0.1) is 17.8 Å². The van der Waals surface area contributed by atoms with Crippen molar-refractivity contribution in [2.75, 3.05) is 18.8 Å². The Morgan fingerprint density at radius 3 is 2.30 bits per heavy atom. The Morgan fingerprint density at radius 2 is 1.75 bits per heavy atom. The molecule has 1 saturated heterocycles. The van der Waals surface area contributed by atoms with E-state index in [4.69, 9.17) is 0 Å². The Kier molecular flexibility index (Phi) is 4.68. The highest BCUT2D eigenvalue weighted by Gasteiger charge is 2.41. The normalized spacial score (nSPS) is 27.9. The minimum Gasteiger partial charge on any atom is -0.314 e. The molecule has 1 heterocycles. The largest absolute Gasteiger partial charge is 0.314 e. The molecule has 1 aliphatic heterocycles. The zero-order valence-corrected chi connectivity index (χ0v) is 13.1. The van der Waals surface area contributed by atoms with Gasteiger partial charge in [-0.3, -0.25) is 0 Å². The van der Waals surface area contributed by atoms with E-state index in [2.05, 4.69) is 10.0 Å². The monoisotopic (exact) mass is 300 g/mol. The van der Waals surface area contributed by atoms with Crippen LogP contribution >= 0.6 is 0 Å². The van der Waals surface area contributed by atoms with E-state index in [9.17, 15) is 8.42 Å². The highest BCUT2D eigenvalue weighted by molar-refractivity contribution is 7.89. The van der Waals surface area contributed by atoms with Crippen LogP contribution < -0.4 is 10.0 Å². The third kappa shape index (κ3) is 4.43. The highest BCUT2D eigenvalue weighted by atomic mass is 32.2. The van der Waals surface area contributed by atoms with Crippen molar-refractivity contribution in [1.82, 2.24) is 10.0 Å². The minimum atomic E-state index is -3.08. The molecular formula is C15H28N2O2S. The molecule has 0 amide bonds. The fourth-order valence-electron chi connectivity index (χ4n) is 3.53. The van der Waals surface area contributed by atoms with Gasteiger partial charge in [0.25, 0.3) is 0 Å². The third-order valence-corrected chi connectivity index (χ3v) is 6.52. The average molecular weight is 300 g/mol. The van der Waals surface area contributed by atoms with Gasteiger partial charge in [0.15, 0.2) is 0 Å². The SMILES string of the molecule is O=S(=O)(CCC1CCCCN1)NCC(C1CC1)C1CC1. The Balaban J connectivity index is 1.40.